The Hall–Kier alpha value is -1.56. The number of likely N-dealkylation sites (tertiary alicyclic amines) is 1. The zero-order valence-electron chi connectivity index (χ0n) is 15.9. The zero-order valence-corrected chi connectivity index (χ0v) is 15.9. The largest absolute Gasteiger partial charge is 0.443 e. The molecule has 0 saturated carbocycles. The number of rotatable bonds is 5. The minimum absolute atomic E-state index is 0.0168. The Kier molecular flexibility index (Phi) is 6.66. The number of aromatic nitrogens is 1. The molecule has 136 valence electrons. The summed E-state index contributed by atoms with van der Waals surface area (Å²) in [5.41, 5.74) is -0.0168. The molecular weight excluding hydrogens is 302 g/mol. The Labute approximate surface area is 146 Å². The maximum absolute atomic E-state index is 5.79. The van der Waals surface area contributed by atoms with E-state index in [0.29, 0.717) is 12.4 Å². The molecule has 2 heterocycles. The second-order valence-electron chi connectivity index (χ2n) is 7.74. The van der Waals surface area contributed by atoms with Gasteiger partial charge in [-0.2, -0.15) is 0 Å². The Morgan fingerprint density at radius 2 is 2.04 bits per heavy atom. The van der Waals surface area contributed by atoms with Gasteiger partial charge in [0.1, 0.15) is 5.76 Å². The summed E-state index contributed by atoms with van der Waals surface area (Å²) in [5, 5.41) is 6.62. The quantitative estimate of drug-likeness (QED) is 0.639. The molecule has 0 amide bonds. The highest BCUT2D eigenvalue weighted by Crippen LogP contribution is 2.22. The van der Waals surface area contributed by atoms with Gasteiger partial charge in [-0.3, -0.25) is 4.99 Å². The van der Waals surface area contributed by atoms with Crippen molar-refractivity contribution in [3.63, 3.8) is 0 Å². The van der Waals surface area contributed by atoms with Gasteiger partial charge in [0.15, 0.2) is 5.96 Å². The van der Waals surface area contributed by atoms with Crippen LogP contribution in [0.25, 0.3) is 0 Å². The third-order valence-corrected chi connectivity index (χ3v) is 4.52. The van der Waals surface area contributed by atoms with Crippen molar-refractivity contribution in [2.45, 2.75) is 52.5 Å². The summed E-state index contributed by atoms with van der Waals surface area (Å²) in [6.45, 7) is 13.6. The summed E-state index contributed by atoms with van der Waals surface area (Å²) < 4.78 is 5.79. The van der Waals surface area contributed by atoms with Crippen LogP contribution in [0.5, 0.6) is 0 Å². The number of hydrogen-bond acceptors (Lipinski definition) is 4. The molecule has 0 radical (unpaired) electrons. The molecule has 1 saturated heterocycles. The number of aliphatic imine (C=N–C) groups is 1. The Morgan fingerprint density at radius 1 is 1.33 bits per heavy atom. The number of oxazole rings is 1. The van der Waals surface area contributed by atoms with Crippen LogP contribution in [0.3, 0.4) is 0 Å². The summed E-state index contributed by atoms with van der Waals surface area (Å²) in [4.78, 5) is 11.1. The standard InChI is InChI=1S/C18H33N5O/c1-14-6-9-23(10-7-14)11-8-20-17(19-5)22-13-16-21-12-15(24-16)18(2,3)4/h12,14H,6-11,13H2,1-5H3,(H2,19,20,22). The molecule has 0 atom stereocenters. The molecule has 1 fully saturated rings. The van der Waals surface area contributed by atoms with Crippen LogP contribution in [0.1, 0.15) is 52.2 Å². The van der Waals surface area contributed by atoms with Gasteiger partial charge in [-0.05, 0) is 31.8 Å². The van der Waals surface area contributed by atoms with E-state index in [4.69, 9.17) is 4.42 Å². The van der Waals surface area contributed by atoms with E-state index in [1.165, 1.54) is 25.9 Å². The minimum atomic E-state index is -0.0168. The fourth-order valence-electron chi connectivity index (χ4n) is 2.74. The van der Waals surface area contributed by atoms with Crippen LogP contribution in [-0.2, 0) is 12.0 Å². The predicted molar refractivity (Wildman–Crippen MR) is 98.2 cm³/mol. The second kappa shape index (κ2) is 8.51. The first-order chi connectivity index (χ1) is 11.4. The number of nitrogens with one attached hydrogen (secondary N) is 2. The number of nitrogens with zero attached hydrogens (tertiary/aromatic N) is 3. The highest BCUT2D eigenvalue weighted by molar-refractivity contribution is 5.79. The second-order valence-corrected chi connectivity index (χ2v) is 7.74. The zero-order chi connectivity index (χ0) is 17.6. The van der Waals surface area contributed by atoms with Crippen molar-refractivity contribution >= 4 is 5.96 Å². The fourth-order valence-corrected chi connectivity index (χ4v) is 2.74. The van der Waals surface area contributed by atoms with Crippen LogP contribution < -0.4 is 10.6 Å². The van der Waals surface area contributed by atoms with Gasteiger partial charge in [0.2, 0.25) is 5.89 Å². The van der Waals surface area contributed by atoms with E-state index in [9.17, 15) is 0 Å². The van der Waals surface area contributed by atoms with E-state index in [1.807, 2.05) is 6.20 Å². The molecule has 0 aliphatic carbocycles. The SMILES string of the molecule is CN=C(NCCN1CCC(C)CC1)NCc1ncc(C(C)(C)C)o1. The molecule has 1 aromatic rings. The highest BCUT2D eigenvalue weighted by Gasteiger charge is 2.19. The van der Waals surface area contributed by atoms with Gasteiger partial charge >= 0.3 is 0 Å². The Bertz CT molecular complexity index is 524. The topological polar surface area (TPSA) is 65.7 Å². The summed E-state index contributed by atoms with van der Waals surface area (Å²) in [6, 6.07) is 0. The first kappa shape index (κ1) is 18.8. The van der Waals surface area contributed by atoms with Crippen LogP contribution in [-0.4, -0.2) is 49.1 Å². The highest BCUT2D eigenvalue weighted by atomic mass is 16.4. The van der Waals surface area contributed by atoms with Crippen molar-refractivity contribution in [2.24, 2.45) is 10.9 Å². The van der Waals surface area contributed by atoms with E-state index in [1.54, 1.807) is 7.05 Å². The molecule has 6 heteroatoms. The molecule has 6 nitrogen and oxygen atoms in total. The van der Waals surface area contributed by atoms with E-state index in [2.05, 4.69) is 53.2 Å². The lowest BCUT2D eigenvalue weighted by Gasteiger charge is -2.30. The van der Waals surface area contributed by atoms with Crippen molar-refractivity contribution in [3.8, 4) is 0 Å². The van der Waals surface area contributed by atoms with Gasteiger partial charge in [0.05, 0.1) is 12.7 Å². The Balaban J connectivity index is 1.70. The maximum atomic E-state index is 5.79. The van der Waals surface area contributed by atoms with E-state index >= 15 is 0 Å². The predicted octanol–water partition coefficient (Wildman–Crippen LogP) is 2.37. The smallest absolute Gasteiger partial charge is 0.213 e. The summed E-state index contributed by atoms with van der Waals surface area (Å²) in [6.07, 6.45) is 4.44. The first-order valence-electron chi connectivity index (χ1n) is 9.00. The van der Waals surface area contributed by atoms with E-state index < -0.39 is 0 Å². The fraction of sp³-hybridized carbons (Fsp3) is 0.778. The normalized spacial score (nSPS) is 18.0. The molecule has 0 bridgehead atoms. The summed E-state index contributed by atoms with van der Waals surface area (Å²) in [7, 11) is 1.79. The molecule has 1 aromatic heterocycles. The van der Waals surface area contributed by atoms with Gasteiger partial charge in [0.25, 0.3) is 0 Å². The van der Waals surface area contributed by atoms with Crippen LogP contribution in [0.4, 0.5) is 0 Å². The molecule has 0 aromatic carbocycles. The number of hydrogen-bond donors (Lipinski definition) is 2. The molecule has 0 unspecified atom stereocenters. The average molecular weight is 335 g/mol. The van der Waals surface area contributed by atoms with Crippen molar-refractivity contribution in [3.05, 3.63) is 17.8 Å². The van der Waals surface area contributed by atoms with Gasteiger partial charge < -0.3 is 20.0 Å². The lowest BCUT2D eigenvalue weighted by molar-refractivity contribution is 0.195. The third kappa shape index (κ3) is 5.82. The number of piperidine rings is 1. The number of guanidine groups is 1. The van der Waals surface area contributed by atoms with Crippen molar-refractivity contribution in [2.75, 3.05) is 33.2 Å². The minimum Gasteiger partial charge on any atom is -0.443 e. The van der Waals surface area contributed by atoms with Gasteiger partial charge in [-0.15, -0.1) is 0 Å². The van der Waals surface area contributed by atoms with Gasteiger partial charge in [-0.1, -0.05) is 27.7 Å². The molecule has 24 heavy (non-hydrogen) atoms. The van der Waals surface area contributed by atoms with E-state index in [-0.39, 0.29) is 5.41 Å². The van der Waals surface area contributed by atoms with Crippen molar-refractivity contribution in [1.82, 2.24) is 20.5 Å². The van der Waals surface area contributed by atoms with Gasteiger partial charge in [-0.25, -0.2) is 4.98 Å². The van der Waals surface area contributed by atoms with Crippen LogP contribution in [0.15, 0.2) is 15.6 Å². The first-order valence-corrected chi connectivity index (χ1v) is 9.00. The monoisotopic (exact) mass is 335 g/mol. The molecule has 2 rings (SSSR count). The van der Waals surface area contributed by atoms with E-state index in [0.717, 1.165) is 30.7 Å². The molecule has 0 spiro atoms. The Morgan fingerprint density at radius 3 is 2.62 bits per heavy atom. The molecule has 1 aliphatic rings. The van der Waals surface area contributed by atoms with Crippen LogP contribution in [0, 0.1) is 5.92 Å². The lowest BCUT2D eigenvalue weighted by atomic mass is 9.94. The maximum Gasteiger partial charge on any atom is 0.213 e. The van der Waals surface area contributed by atoms with Gasteiger partial charge in [0, 0.05) is 25.6 Å². The molecule has 2 N–H and O–H groups in total. The summed E-state index contributed by atoms with van der Waals surface area (Å²) in [5.74, 6) is 3.26. The summed E-state index contributed by atoms with van der Waals surface area (Å²) >= 11 is 0. The van der Waals surface area contributed by atoms with Crippen molar-refractivity contribution in [1.29, 1.82) is 0 Å². The molecular formula is C18H33N5O. The lowest BCUT2D eigenvalue weighted by Crippen LogP contribution is -2.43. The third-order valence-electron chi connectivity index (χ3n) is 4.52. The van der Waals surface area contributed by atoms with Crippen LogP contribution in [0.2, 0.25) is 0 Å². The van der Waals surface area contributed by atoms with Crippen LogP contribution >= 0.6 is 0 Å². The average Bonchev–Trinajstić information content (AvgIpc) is 3.01. The molecule has 1 aliphatic heterocycles. The van der Waals surface area contributed by atoms with Crippen molar-refractivity contribution < 1.29 is 4.42 Å².